The van der Waals surface area contributed by atoms with Gasteiger partial charge in [0.2, 0.25) is 11.9 Å². The summed E-state index contributed by atoms with van der Waals surface area (Å²) in [5.74, 6) is 0.404. The molecule has 0 unspecified atom stereocenters. The number of aryl methyl sites for hydroxylation is 3. The van der Waals surface area contributed by atoms with E-state index < -0.39 is 0 Å². The molecule has 1 fully saturated rings. The number of hydrogen-bond acceptors (Lipinski definition) is 6. The molecule has 2 aromatic rings. The lowest BCUT2D eigenvalue weighted by molar-refractivity contribution is -0.116. The Balaban J connectivity index is 1.75. The van der Waals surface area contributed by atoms with Gasteiger partial charge in [0, 0.05) is 24.8 Å². The number of carbonyl (C=O) groups is 1. The van der Waals surface area contributed by atoms with Crippen molar-refractivity contribution >= 4 is 17.5 Å². The SMILES string of the molecule is Cc1cc(=O)n(CC(=O)Nc2c(C)nc(N3CCCC3)nc2C)cn1. The molecule has 3 rings (SSSR count). The molecule has 2 aromatic heterocycles. The van der Waals surface area contributed by atoms with Gasteiger partial charge in [-0.3, -0.25) is 14.2 Å². The summed E-state index contributed by atoms with van der Waals surface area (Å²) < 4.78 is 1.27. The number of hydrogen-bond donors (Lipinski definition) is 1. The number of amides is 1. The van der Waals surface area contributed by atoms with Gasteiger partial charge in [-0.2, -0.15) is 0 Å². The van der Waals surface area contributed by atoms with Crippen LogP contribution in [-0.4, -0.2) is 38.5 Å². The van der Waals surface area contributed by atoms with E-state index in [1.165, 1.54) is 17.0 Å². The zero-order chi connectivity index (χ0) is 18.0. The Morgan fingerprint density at radius 1 is 1.16 bits per heavy atom. The molecule has 0 radical (unpaired) electrons. The van der Waals surface area contributed by atoms with Gasteiger partial charge < -0.3 is 10.2 Å². The molecular weight excluding hydrogens is 320 g/mol. The maximum atomic E-state index is 12.3. The topological polar surface area (TPSA) is 93.0 Å². The fraction of sp³-hybridized carbons (Fsp3) is 0.471. The highest BCUT2D eigenvalue weighted by atomic mass is 16.2. The second-order valence-corrected chi connectivity index (χ2v) is 6.31. The first-order valence-corrected chi connectivity index (χ1v) is 8.37. The Bertz CT molecular complexity index is 831. The Hall–Kier alpha value is -2.77. The summed E-state index contributed by atoms with van der Waals surface area (Å²) in [6.45, 7) is 7.27. The van der Waals surface area contributed by atoms with Gasteiger partial charge in [-0.25, -0.2) is 15.0 Å². The average Bonchev–Trinajstić information content (AvgIpc) is 3.08. The minimum absolute atomic E-state index is 0.0983. The molecule has 0 saturated carbocycles. The van der Waals surface area contributed by atoms with Crippen LogP contribution in [0.25, 0.3) is 0 Å². The lowest BCUT2D eigenvalue weighted by Crippen LogP contribution is -2.28. The predicted octanol–water partition coefficient (Wildman–Crippen LogP) is 1.20. The summed E-state index contributed by atoms with van der Waals surface area (Å²) in [5, 5.41) is 2.82. The van der Waals surface area contributed by atoms with Crippen LogP contribution >= 0.6 is 0 Å². The third kappa shape index (κ3) is 3.84. The van der Waals surface area contributed by atoms with Crippen molar-refractivity contribution in [1.29, 1.82) is 0 Å². The molecular formula is C17H22N6O2. The summed E-state index contributed by atoms with van der Waals surface area (Å²) in [6.07, 6.45) is 3.68. The number of anilines is 2. The third-order valence-corrected chi connectivity index (χ3v) is 4.24. The first-order valence-electron chi connectivity index (χ1n) is 8.37. The van der Waals surface area contributed by atoms with Crippen LogP contribution in [0.15, 0.2) is 17.2 Å². The van der Waals surface area contributed by atoms with E-state index in [1.54, 1.807) is 6.92 Å². The third-order valence-electron chi connectivity index (χ3n) is 4.24. The lowest BCUT2D eigenvalue weighted by atomic mass is 10.2. The van der Waals surface area contributed by atoms with Gasteiger partial charge in [-0.1, -0.05) is 0 Å². The first-order chi connectivity index (χ1) is 11.9. The molecule has 0 atom stereocenters. The molecule has 1 aliphatic rings. The van der Waals surface area contributed by atoms with E-state index in [0.717, 1.165) is 37.3 Å². The van der Waals surface area contributed by atoms with Gasteiger partial charge in [0.25, 0.3) is 5.56 Å². The van der Waals surface area contributed by atoms with Gasteiger partial charge in [0.1, 0.15) is 6.54 Å². The van der Waals surface area contributed by atoms with Gasteiger partial charge in [-0.15, -0.1) is 0 Å². The highest BCUT2D eigenvalue weighted by Crippen LogP contribution is 2.22. The largest absolute Gasteiger partial charge is 0.341 e. The number of nitrogens with zero attached hydrogens (tertiary/aromatic N) is 5. The molecule has 0 aliphatic carbocycles. The zero-order valence-corrected chi connectivity index (χ0v) is 14.7. The van der Waals surface area contributed by atoms with E-state index in [0.29, 0.717) is 17.3 Å². The van der Waals surface area contributed by atoms with Crippen molar-refractivity contribution in [1.82, 2.24) is 19.5 Å². The number of rotatable bonds is 4. The Labute approximate surface area is 145 Å². The summed E-state index contributed by atoms with van der Waals surface area (Å²) in [7, 11) is 0. The van der Waals surface area contributed by atoms with Crippen molar-refractivity contribution < 1.29 is 4.79 Å². The second-order valence-electron chi connectivity index (χ2n) is 6.31. The van der Waals surface area contributed by atoms with Gasteiger partial charge in [0.15, 0.2) is 0 Å². The van der Waals surface area contributed by atoms with Crippen molar-refractivity contribution in [2.24, 2.45) is 0 Å². The van der Waals surface area contributed by atoms with Crippen LogP contribution in [0.1, 0.15) is 29.9 Å². The van der Waals surface area contributed by atoms with Crippen LogP contribution in [-0.2, 0) is 11.3 Å². The highest BCUT2D eigenvalue weighted by Gasteiger charge is 2.18. The number of aromatic nitrogens is 4. The van der Waals surface area contributed by atoms with Crippen LogP contribution in [0.5, 0.6) is 0 Å². The van der Waals surface area contributed by atoms with E-state index in [-0.39, 0.29) is 18.0 Å². The maximum Gasteiger partial charge on any atom is 0.253 e. The van der Waals surface area contributed by atoms with Crippen LogP contribution in [0.3, 0.4) is 0 Å². The van der Waals surface area contributed by atoms with Gasteiger partial charge in [0.05, 0.1) is 23.4 Å². The average molecular weight is 342 g/mol. The quantitative estimate of drug-likeness (QED) is 0.897. The molecule has 132 valence electrons. The summed E-state index contributed by atoms with van der Waals surface area (Å²) in [5.41, 5.74) is 2.41. The van der Waals surface area contributed by atoms with E-state index in [9.17, 15) is 9.59 Å². The van der Waals surface area contributed by atoms with E-state index in [4.69, 9.17) is 0 Å². The Morgan fingerprint density at radius 3 is 2.40 bits per heavy atom. The molecule has 1 N–H and O–H groups in total. The number of carbonyl (C=O) groups excluding carboxylic acids is 1. The van der Waals surface area contributed by atoms with Crippen molar-refractivity contribution in [2.45, 2.75) is 40.2 Å². The molecule has 0 spiro atoms. The molecule has 0 bridgehead atoms. The van der Waals surface area contributed by atoms with Crippen LogP contribution in [0.4, 0.5) is 11.6 Å². The first kappa shape index (κ1) is 17.1. The molecule has 0 aromatic carbocycles. The van der Waals surface area contributed by atoms with Crippen LogP contribution < -0.4 is 15.8 Å². The second kappa shape index (κ2) is 7.00. The molecule has 1 saturated heterocycles. The zero-order valence-electron chi connectivity index (χ0n) is 14.7. The molecule has 1 amide bonds. The maximum absolute atomic E-state index is 12.3. The molecule has 25 heavy (non-hydrogen) atoms. The van der Waals surface area contributed by atoms with Crippen LogP contribution in [0, 0.1) is 20.8 Å². The Kier molecular flexibility index (Phi) is 4.78. The molecule has 8 heteroatoms. The normalized spacial score (nSPS) is 14.0. The molecule has 3 heterocycles. The van der Waals surface area contributed by atoms with Crippen LogP contribution in [0.2, 0.25) is 0 Å². The predicted molar refractivity (Wildman–Crippen MR) is 94.8 cm³/mol. The fourth-order valence-corrected chi connectivity index (χ4v) is 2.91. The smallest absolute Gasteiger partial charge is 0.253 e. The minimum Gasteiger partial charge on any atom is -0.341 e. The van der Waals surface area contributed by atoms with E-state index in [2.05, 4.69) is 25.2 Å². The highest BCUT2D eigenvalue weighted by molar-refractivity contribution is 5.91. The lowest BCUT2D eigenvalue weighted by Gasteiger charge is -2.18. The summed E-state index contributed by atoms with van der Waals surface area (Å²) in [6, 6.07) is 1.40. The van der Waals surface area contributed by atoms with Crippen molar-refractivity contribution in [3.8, 4) is 0 Å². The van der Waals surface area contributed by atoms with Crippen molar-refractivity contribution in [2.75, 3.05) is 23.3 Å². The van der Waals surface area contributed by atoms with E-state index >= 15 is 0 Å². The monoisotopic (exact) mass is 342 g/mol. The standard InChI is InChI=1S/C17H22N6O2/c1-11-8-15(25)23(10-18-11)9-14(24)21-16-12(2)19-17(20-13(16)3)22-6-4-5-7-22/h8,10H,4-7,9H2,1-3H3,(H,21,24). The molecule has 1 aliphatic heterocycles. The van der Waals surface area contributed by atoms with Gasteiger partial charge in [-0.05, 0) is 33.6 Å². The van der Waals surface area contributed by atoms with E-state index in [1.807, 2.05) is 13.8 Å². The number of nitrogens with one attached hydrogen (secondary N) is 1. The Morgan fingerprint density at radius 2 is 1.80 bits per heavy atom. The minimum atomic E-state index is -0.309. The fourth-order valence-electron chi connectivity index (χ4n) is 2.91. The summed E-state index contributed by atoms with van der Waals surface area (Å²) in [4.78, 5) is 39.4. The van der Waals surface area contributed by atoms with Gasteiger partial charge >= 0.3 is 0 Å². The summed E-state index contributed by atoms with van der Waals surface area (Å²) >= 11 is 0. The van der Waals surface area contributed by atoms with Crippen molar-refractivity contribution in [3.05, 3.63) is 39.8 Å². The van der Waals surface area contributed by atoms with Crippen molar-refractivity contribution in [3.63, 3.8) is 0 Å². The molecule has 8 nitrogen and oxygen atoms in total.